The summed E-state index contributed by atoms with van der Waals surface area (Å²) in [6.45, 7) is 3.76. The summed E-state index contributed by atoms with van der Waals surface area (Å²) in [6, 6.07) is 5.52. The quantitative estimate of drug-likeness (QED) is 0.576. The smallest absolute Gasteiger partial charge is 0.312 e. The Bertz CT molecular complexity index is 347. The Balaban J connectivity index is 3.01. The summed E-state index contributed by atoms with van der Waals surface area (Å²) in [5, 5.41) is 0. The van der Waals surface area contributed by atoms with Gasteiger partial charge < -0.3 is 10.5 Å². The van der Waals surface area contributed by atoms with Gasteiger partial charge in [0.05, 0.1) is 13.0 Å². The molecule has 1 rings (SSSR count). The molecule has 0 aliphatic rings. The fourth-order valence-electron chi connectivity index (χ4n) is 1.49. The van der Waals surface area contributed by atoms with Crippen LogP contribution in [0, 0.1) is 6.92 Å². The molecule has 0 aliphatic heterocycles. The average molecular weight is 193 g/mol. The van der Waals surface area contributed by atoms with Crippen LogP contribution in [0.15, 0.2) is 18.2 Å². The second-order valence-corrected chi connectivity index (χ2v) is 3.36. The maximum atomic E-state index is 11.3. The van der Waals surface area contributed by atoms with Crippen LogP contribution in [0.4, 0.5) is 5.69 Å². The molecule has 1 unspecified atom stereocenters. The molecule has 1 aromatic carbocycles. The molecule has 3 heteroatoms. The lowest BCUT2D eigenvalue weighted by Crippen LogP contribution is -2.12. The highest BCUT2D eigenvalue weighted by Crippen LogP contribution is 2.22. The molecule has 76 valence electrons. The van der Waals surface area contributed by atoms with Crippen molar-refractivity contribution in [1.82, 2.24) is 0 Å². The lowest BCUT2D eigenvalue weighted by molar-refractivity contribution is -0.142. The number of benzene rings is 1. The Morgan fingerprint density at radius 2 is 2.14 bits per heavy atom. The van der Waals surface area contributed by atoms with Crippen molar-refractivity contribution in [3.8, 4) is 0 Å². The highest BCUT2D eigenvalue weighted by atomic mass is 16.5. The van der Waals surface area contributed by atoms with Gasteiger partial charge in [0.2, 0.25) is 0 Å². The van der Waals surface area contributed by atoms with Crippen molar-refractivity contribution < 1.29 is 9.53 Å². The van der Waals surface area contributed by atoms with E-state index in [2.05, 4.69) is 4.74 Å². The molecule has 0 heterocycles. The third-order valence-corrected chi connectivity index (χ3v) is 2.32. The summed E-state index contributed by atoms with van der Waals surface area (Å²) in [6.07, 6.45) is 0. The SMILES string of the molecule is COC(=O)C(C)c1ccc(N)cc1C. The van der Waals surface area contributed by atoms with Crippen LogP contribution in [0.5, 0.6) is 0 Å². The molecule has 0 amide bonds. The number of ether oxygens (including phenoxy) is 1. The average Bonchev–Trinajstić information content (AvgIpc) is 2.15. The van der Waals surface area contributed by atoms with Crippen LogP contribution in [-0.4, -0.2) is 13.1 Å². The molecule has 0 radical (unpaired) electrons. The van der Waals surface area contributed by atoms with Crippen LogP contribution in [-0.2, 0) is 9.53 Å². The van der Waals surface area contributed by atoms with E-state index < -0.39 is 0 Å². The van der Waals surface area contributed by atoms with E-state index in [1.165, 1.54) is 7.11 Å². The zero-order valence-electron chi connectivity index (χ0n) is 8.70. The van der Waals surface area contributed by atoms with Gasteiger partial charge in [0.15, 0.2) is 0 Å². The van der Waals surface area contributed by atoms with E-state index in [4.69, 9.17) is 5.73 Å². The summed E-state index contributed by atoms with van der Waals surface area (Å²) >= 11 is 0. The normalized spacial score (nSPS) is 12.2. The van der Waals surface area contributed by atoms with E-state index >= 15 is 0 Å². The van der Waals surface area contributed by atoms with Crippen molar-refractivity contribution in [3.05, 3.63) is 29.3 Å². The Morgan fingerprint density at radius 3 is 2.64 bits per heavy atom. The summed E-state index contributed by atoms with van der Waals surface area (Å²) in [5.41, 5.74) is 8.31. The van der Waals surface area contributed by atoms with E-state index in [9.17, 15) is 4.79 Å². The summed E-state index contributed by atoms with van der Waals surface area (Å²) < 4.78 is 4.68. The number of hydrogen-bond donors (Lipinski definition) is 1. The topological polar surface area (TPSA) is 52.3 Å². The first kappa shape index (κ1) is 10.6. The van der Waals surface area contributed by atoms with Gasteiger partial charge in [-0.15, -0.1) is 0 Å². The van der Waals surface area contributed by atoms with Crippen LogP contribution in [0.3, 0.4) is 0 Å². The third-order valence-electron chi connectivity index (χ3n) is 2.32. The molecule has 0 saturated heterocycles. The number of esters is 1. The molecular weight excluding hydrogens is 178 g/mol. The zero-order valence-corrected chi connectivity index (χ0v) is 8.70. The second-order valence-electron chi connectivity index (χ2n) is 3.36. The maximum absolute atomic E-state index is 11.3. The fraction of sp³-hybridized carbons (Fsp3) is 0.364. The van der Waals surface area contributed by atoms with Crippen molar-refractivity contribution in [2.24, 2.45) is 0 Å². The molecule has 0 spiro atoms. The molecule has 2 N–H and O–H groups in total. The number of carbonyl (C=O) groups excluding carboxylic acids is 1. The van der Waals surface area contributed by atoms with Gasteiger partial charge in [-0.1, -0.05) is 6.07 Å². The monoisotopic (exact) mass is 193 g/mol. The largest absolute Gasteiger partial charge is 0.469 e. The predicted molar refractivity (Wildman–Crippen MR) is 56.0 cm³/mol. The fourth-order valence-corrected chi connectivity index (χ4v) is 1.49. The highest BCUT2D eigenvalue weighted by Gasteiger charge is 2.17. The van der Waals surface area contributed by atoms with Gasteiger partial charge in [-0.2, -0.15) is 0 Å². The van der Waals surface area contributed by atoms with Gasteiger partial charge in [-0.3, -0.25) is 4.79 Å². The summed E-state index contributed by atoms with van der Waals surface area (Å²) in [7, 11) is 1.39. The summed E-state index contributed by atoms with van der Waals surface area (Å²) in [5.74, 6) is -0.460. The number of carbonyl (C=O) groups is 1. The first-order chi connectivity index (χ1) is 6.56. The number of hydrogen-bond acceptors (Lipinski definition) is 3. The van der Waals surface area contributed by atoms with Crippen LogP contribution in [0.1, 0.15) is 24.0 Å². The first-order valence-electron chi connectivity index (χ1n) is 4.50. The van der Waals surface area contributed by atoms with Crippen molar-refractivity contribution in [3.63, 3.8) is 0 Å². The molecule has 3 nitrogen and oxygen atoms in total. The highest BCUT2D eigenvalue weighted by molar-refractivity contribution is 5.78. The van der Waals surface area contributed by atoms with Crippen molar-refractivity contribution in [2.75, 3.05) is 12.8 Å². The van der Waals surface area contributed by atoms with E-state index in [1.807, 2.05) is 26.0 Å². The number of nitrogen functional groups attached to an aromatic ring is 1. The molecule has 1 atom stereocenters. The van der Waals surface area contributed by atoms with Gasteiger partial charge in [0.25, 0.3) is 0 Å². The number of rotatable bonds is 2. The number of anilines is 1. The molecular formula is C11H15NO2. The van der Waals surface area contributed by atoms with Gasteiger partial charge in [0, 0.05) is 5.69 Å². The minimum Gasteiger partial charge on any atom is -0.469 e. The molecule has 0 aromatic heterocycles. The zero-order chi connectivity index (χ0) is 10.7. The summed E-state index contributed by atoms with van der Waals surface area (Å²) in [4.78, 5) is 11.3. The molecule has 0 aliphatic carbocycles. The van der Waals surface area contributed by atoms with E-state index in [0.29, 0.717) is 5.69 Å². The van der Waals surface area contributed by atoms with E-state index in [1.54, 1.807) is 6.07 Å². The first-order valence-corrected chi connectivity index (χ1v) is 4.50. The van der Waals surface area contributed by atoms with Crippen LogP contribution < -0.4 is 5.73 Å². The number of methoxy groups -OCH3 is 1. The van der Waals surface area contributed by atoms with E-state index in [-0.39, 0.29) is 11.9 Å². The Kier molecular flexibility index (Phi) is 3.12. The lowest BCUT2D eigenvalue weighted by atomic mass is 9.96. The lowest BCUT2D eigenvalue weighted by Gasteiger charge is -2.12. The molecule has 0 saturated carbocycles. The van der Waals surface area contributed by atoms with Gasteiger partial charge in [-0.05, 0) is 37.1 Å². The molecule has 1 aromatic rings. The van der Waals surface area contributed by atoms with Crippen LogP contribution >= 0.6 is 0 Å². The Hall–Kier alpha value is -1.51. The van der Waals surface area contributed by atoms with Gasteiger partial charge in [0.1, 0.15) is 0 Å². The number of aryl methyl sites for hydroxylation is 1. The van der Waals surface area contributed by atoms with Crippen molar-refractivity contribution in [1.29, 1.82) is 0 Å². The minimum atomic E-state index is -0.236. The van der Waals surface area contributed by atoms with Gasteiger partial charge in [-0.25, -0.2) is 0 Å². The Labute approximate surface area is 83.9 Å². The van der Waals surface area contributed by atoms with E-state index in [0.717, 1.165) is 11.1 Å². The third kappa shape index (κ3) is 2.05. The standard InChI is InChI=1S/C11H15NO2/c1-7-6-9(12)4-5-10(7)8(2)11(13)14-3/h4-6,8H,12H2,1-3H3. The predicted octanol–water partition coefficient (Wildman–Crippen LogP) is 1.85. The van der Waals surface area contributed by atoms with Crippen molar-refractivity contribution in [2.45, 2.75) is 19.8 Å². The number of nitrogens with two attached hydrogens (primary N) is 1. The van der Waals surface area contributed by atoms with Crippen LogP contribution in [0.2, 0.25) is 0 Å². The van der Waals surface area contributed by atoms with Crippen molar-refractivity contribution >= 4 is 11.7 Å². The van der Waals surface area contributed by atoms with Gasteiger partial charge >= 0.3 is 5.97 Å². The second kappa shape index (κ2) is 4.13. The molecule has 14 heavy (non-hydrogen) atoms. The minimum absolute atomic E-state index is 0.224. The van der Waals surface area contributed by atoms with Crippen LogP contribution in [0.25, 0.3) is 0 Å². The maximum Gasteiger partial charge on any atom is 0.312 e. The molecule has 0 fully saturated rings. The Morgan fingerprint density at radius 1 is 1.50 bits per heavy atom. The molecule has 0 bridgehead atoms.